The van der Waals surface area contributed by atoms with Gasteiger partial charge < -0.3 is 5.73 Å². The molecule has 60 valence electrons. The van der Waals surface area contributed by atoms with E-state index in [-0.39, 0.29) is 0 Å². The molecule has 11 heavy (non-hydrogen) atoms. The lowest BCUT2D eigenvalue weighted by Crippen LogP contribution is -1.93. The van der Waals surface area contributed by atoms with Crippen LogP contribution in [0.3, 0.4) is 0 Å². The summed E-state index contributed by atoms with van der Waals surface area (Å²) < 4.78 is 21.1. The SMILES string of the molecule is Cc1c(N)cccc1[SH](=O)=O. The van der Waals surface area contributed by atoms with Crippen molar-refractivity contribution >= 4 is 16.4 Å². The third-order valence-electron chi connectivity index (χ3n) is 1.54. The second-order valence-corrected chi connectivity index (χ2v) is 3.24. The molecule has 0 radical (unpaired) electrons. The number of thiol groups is 1. The summed E-state index contributed by atoms with van der Waals surface area (Å²) in [7, 11) is -2.51. The van der Waals surface area contributed by atoms with E-state index in [9.17, 15) is 8.42 Å². The third kappa shape index (κ3) is 1.51. The molecule has 3 nitrogen and oxygen atoms in total. The van der Waals surface area contributed by atoms with Crippen LogP contribution in [0.25, 0.3) is 0 Å². The van der Waals surface area contributed by atoms with Gasteiger partial charge in [0.25, 0.3) is 0 Å². The molecule has 0 aromatic heterocycles. The molecule has 0 saturated heterocycles. The van der Waals surface area contributed by atoms with Gasteiger partial charge in [0.2, 0.25) is 0 Å². The van der Waals surface area contributed by atoms with E-state index in [1.165, 1.54) is 6.07 Å². The molecule has 0 unspecified atom stereocenters. The fourth-order valence-corrected chi connectivity index (χ4v) is 1.45. The monoisotopic (exact) mass is 171 g/mol. The van der Waals surface area contributed by atoms with Crippen molar-refractivity contribution in [3.63, 3.8) is 0 Å². The van der Waals surface area contributed by atoms with Crippen molar-refractivity contribution in [2.75, 3.05) is 5.73 Å². The highest BCUT2D eigenvalue weighted by atomic mass is 32.2. The van der Waals surface area contributed by atoms with Crippen LogP contribution in [0.15, 0.2) is 23.1 Å². The van der Waals surface area contributed by atoms with Crippen LogP contribution in [0.5, 0.6) is 0 Å². The second-order valence-electron chi connectivity index (χ2n) is 2.25. The lowest BCUT2D eigenvalue weighted by molar-refractivity contribution is 0.614. The normalized spacial score (nSPS) is 10.4. The van der Waals surface area contributed by atoms with Crippen LogP contribution < -0.4 is 5.73 Å². The number of hydrogen-bond acceptors (Lipinski definition) is 3. The van der Waals surface area contributed by atoms with E-state index in [2.05, 4.69) is 0 Å². The molecule has 1 aromatic rings. The lowest BCUT2D eigenvalue weighted by atomic mass is 10.2. The fraction of sp³-hybridized carbons (Fsp3) is 0.143. The van der Waals surface area contributed by atoms with Crippen molar-refractivity contribution in [1.82, 2.24) is 0 Å². The molecule has 4 heteroatoms. The Kier molecular flexibility index (Phi) is 2.14. The highest BCUT2D eigenvalue weighted by Crippen LogP contribution is 2.15. The quantitative estimate of drug-likeness (QED) is 0.479. The molecule has 0 saturated carbocycles. The fourth-order valence-electron chi connectivity index (χ4n) is 0.839. The van der Waals surface area contributed by atoms with E-state index in [0.29, 0.717) is 16.1 Å². The molecule has 0 bridgehead atoms. The van der Waals surface area contributed by atoms with Gasteiger partial charge >= 0.3 is 0 Å². The molecule has 0 atom stereocenters. The molecule has 0 aliphatic rings. The summed E-state index contributed by atoms with van der Waals surface area (Å²) in [5.74, 6) is 0. The predicted octanol–water partition coefficient (Wildman–Crippen LogP) is 0.548. The summed E-state index contributed by atoms with van der Waals surface area (Å²) in [5.41, 5.74) is 6.63. The minimum atomic E-state index is -2.51. The van der Waals surface area contributed by atoms with Gasteiger partial charge in [0.05, 0.1) is 4.90 Å². The van der Waals surface area contributed by atoms with E-state index in [0.717, 1.165) is 0 Å². The largest absolute Gasteiger partial charge is 0.398 e. The maximum absolute atomic E-state index is 10.6. The summed E-state index contributed by atoms with van der Waals surface area (Å²) in [5, 5.41) is 0. The Hall–Kier alpha value is -1.03. The molecule has 0 heterocycles. The van der Waals surface area contributed by atoms with Gasteiger partial charge in [-0.25, -0.2) is 8.42 Å². The van der Waals surface area contributed by atoms with Crippen molar-refractivity contribution < 1.29 is 8.42 Å². The van der Waals surface area contributed by atoms with Gasteiger partial charge in [-0.1, -0.05) is 6.07 Å². The van der Waals surface area contributed by atoms with Gasteiger partial charge in [0, 0.05) is 5.69 Å². The Morgan fingerprint density at radius 1 is 1.36 bits per heavy atom. The molecule has 1 rings (SSSR count). The molecule has 0 aliphatic carbocycles. The number of nitrogens with two attached hydrogens (primary N) is 1. The summed E-state index contributed by atoms with van der Waals surface area (Å²) >= 11 is 0. The molecule has 0 fully saturated rings. The number of anilines is 1. The van der Waals surface area contributed by atoms with Crippen LogP contribution in [-0.2, 0) is 10.7 Å². The Morgan fingerprint density at radius 2 is 2.00 bits per heavy atom. The molecular weight excluding hydrogens is 162 g/mol. The van der Waals surface area contributed by atoms with Crippen molar-refractivity contribution in [3.8, 4) is 0 Å². The van der Waals surface area contributed by atoms with Crippen molar-refractivity contribution in [2.24, 2.45) is 0 Å². The molecule has 1 aromatic carbocycles. The standard InChI is InChI=1S/C7H9NO2S/c1-5-6(8)3-2-4-7(5)11(9)10/h2-4,11H,8H2,1H3. The highest BCUT2D eigenvalue weighted by Gasteiger charge is 2.01. The Morgan fingerprint density at radius 3 is 2.45 bits per heavy atom. The zero-order valence-electron chi connectivity index (χ0n) is 6.07. The van der Waals surface area contributed by atoms with Crippen molar-refractivity contribution in [1.29, 1.82) is 0 Å². The van der Waals surface area contributed by atoms with Gasteiger partial charge in [-0.05, 0) is 24.6 Å². The molecule has 2 N–H and O–H groups in total. The van der Waals surface area contributed by atoms with E-state index < -0.39 is 10.7 Å². The maximum atomic E-state index is 10.6. The smallest absolute Gasteiger partial charge is 0.168 e. The van der Waals surface area contributed by atoms with E-state index in [1.54, 1.807) is 19.1 Å². The number of hydrogen-bond donors (Lipinski definition) is 2. The van der Waals surface area contributed by atoms with Crippen LogP contribution in [0.2, 0.25) is 0 Å². The van der Waals surface area contributed by atoms with Gasteiger partial charge in [-0.2, -0.15) is 0 Å². The number of rotatable bonds is 1. The van der Waals surface area contributed by atoms with Gasteiger partial charge in [-0.3, -0.25) is 0 Å². The zero-order chi connectivity index (χ0) is 8.43. The van der Waals surface area contributed by atoms with Crippen LogP contribution in [0.4, 0.5) is 5.69 Å². The Bertz CT molecular complexity index is 336. The number of benzene rings is 1. The van der Waals surface area contributed by atoms with Gasteiger partial charge in [-0.15, -0.1) is 0 Å². The first-order valence-corrected chi connectivity index (χ1v) is 4.30. The van der Waals surface area contributed by atoms with E-state index in [1.807, 2.05) is 0 Å². The molecule has 0 aliphatic heterocycles. The topological polar surface area (TPSA) is 60.2 Å². The first-order valence-electron chi connectivity index (χ1n) is 3.12. The van der Waals surface area contributed by atoms with E-state index in [4.69, 9.17) is 5.73 Å². The second kappa shape index (κ2) is 2.92. The first-order chi connectivity index (χ1) is 5.13. The molecule has 0 spiro atoms. The third-order valence-corrected chi connectivity index (χ3v) is 2.42. The Balaban J connectivity index is 3.39. The minimum absolute atomic E-state index is 0.306. The number of nitrogen functional groups attached to an aromatic ring is 1. The molecule has 0 amide bonds. The maximum Gasteiger partial charge on any atom is 0.168 e. The van der Waals surface area contributed by atoms with Crippen LogP contribution >= 0.6 is 0 Å². The van der Waals surface area contributed by atoms with E-state index >= 15 is 0 Å². The Labute approximate surface area is 66.8 Å². The van der Waals surface area contributed by atoms with Crippen molar-refractivity contribution in [2.45, 2.75) is 11.8 Å². The highest BCUT2D eigenvalue weighted by molar-refractivity contribution is 7.72. The zero-order valence-corrected chi connectivity index (χ0v) is 6.97. The van der Waals surface area contributed by atoms with Crippen LogP contribution in [-0.4, -0.2) is 8.42 Å². The average Bonchev–Trinajstić information content (AvgIpc) is 1.94. The molecular formula is C7H9NO2S. The summed E-state index contributed by atoms with van der Waals surface area (Å²) in [4.78, 5) is 0.306. The predicted molar refractivity (Wildman–Crippen MR) is 44.2 cm³/mol. The van der Waals surface area contributed by atoms with Crippen molar-refractivity contribution in [3.05, 3.63) is 23.8 Å². The summed E-state index contributed by atoms with van der Waals surface area (Å²) in [6, 6.07) is 4.85. The minimum Gasteiger partial charge on any atom is -0.398 e. The van der Waals surface area contributed by atoms with Gasteiger partial charge in [0.1, 0.15) is 0 Å². The first kappa shape index (κ1) is 8.07. The van der Waals surface area contributed by atoms with Crippen LogP contribution in [0.1, 0.15) is 5.56 Å². The summed E-state index contributed by atoms with van der Waals surface area (Å²) in [6.07, 6.45) is 0. The van der Waals surface area contributed by atoms with Gasteiger partial charge in [0.15, 0.2) is 10.7 Å². The lowest BCUT2D eigenvalue weighted by Gasteiger charge is -2.00. The summed E-state index contributed by atoms with van der Waals surface area (Å²) in [6.45, 7) is 1.69. The average molecular weight is 171 g/mol. The van der Waals surface area contributed by atoms with Crippen LogP contribution in [0, 0.1) is 6.92 Å².